The van der Waals surface area contributed by atoms with Crippen LogP contribution in [0.5, 0.6) is 17.2 Å². The van der Waals surface area contributed by atoms with Gasteiger partial charge in [0.05, 0.1) is 27.4 Å². The van der Waals surface area contributed by atoms with Crippen molar-refractivity contribution >= 4 is 5.91 Å². The van der Waals surface area contributed by atoms with Gasteiger partial charge in [0, 0.05) is 25.2 Å². The molecule has 20 heavy (non-hydrogen) atoms. The summed E-state index contributed by atoms with van der Waals surface area (Å²) in [6, 6.07) is 3.31. The fourth-order valence-electron chi connectivity index (χ4n) is 1.80. The van der Waals surface area contributed by atoms with Crippen LogP contribution in [0.25, 0.3) is 0 Å². The van der Waals surface area contributed by atoms with Crippen molar-refractivity contribution in [1.29, 1.82) is 0 Å². The highest BCUT2D eigenvalue weighted by molar-refractivity contribution is 5.80. The summed E-state index contributed by atoms with van der Waals surface area (Å²) in [6.45, 7) is 2.28. The fourth-order valence-corrected chi connectivity index (χ4v) is 1.80. The maximum absolute atomic E-state index is 11.5. The summed E-state index contributed by atoms with van der Waals surface area (Å²) in [6.07, 6.45) is 0. The van der Waals surface area contributed by atoms with Crippen LogP contribution >= 0.6 is 0 Å². The number of ether oxygens (including phenoxy) is 3. The normalized spacial score (nSPS) is 11.7. The van der Waals surface area contributed by atoms with E-state index in [2.05, 4.69) is 10.6 Å². The standard InChI is InChI=1S/C14H22N2O4/c1-9(14(17)15-2)16-8-10-6-12(19-4)13(20-5)7-11(10)18-3/h6-7,9,16H,8H2,1-5H3,(H,15,17). The topological polar surface area (TPSA) is 68.8 Å². The molecular formula is C14H22N2O4. The molecule has 1 atom stereocenters. The minimum Gasteiger partial charge on any atom is -0.496 e. The molecule has 0 fully saturated rings. The number of carbonyl (C=O) groups excluding carboxylic acids is 1. The highest BCUT2D eigenvalue weighted by Gasteiger charge is 2.14. The molecule has 1 amide bonds. The van der Waals surface area contributed by atoms with E-state index in [-0.39, 0.29) is 11.9 Å². The molecule has 0 spiro atoms. The first-order valence-electron chi connectivity index (χ1n) is 6.31. The summed E-state index contributed by atoms with van der Waals surface area (Å²) in [4.78, 5) is 11.5. The molecule has 1 aromatic rings. The van der Waals surface area contributed by atoms with E-state index in [1.807, 2.05) is 6.07 Å². The number of methoxy groups -OCH3 is 3. The van der Waals surface area contributed by atoms with Crippen molar-refractivity contribution in [3.63, 3.8) is 0 Å². The van der Waals surface area contributed by atoms with Crippen molar-refractivity contribution in [2.75, 3.05) is 28.4 Å². The van der Waals surface area contributed by atoms with Gasteiger partial charge in [0.25, 0.3) is 0 Å². The van der Waals surface area contributed by atoms with Gasteiger partial charge in [-0.1, -0.05) is 0 Å². The highest BCUT2D eigenvalue weighted by atomic mass is 16.5. The van der Waals surface area contributed by atoms with Gasteiger partial charge in [-0.05, 0) is 13.0 Å². The van der Waals surface area contributed by atoms with Crippen LogP contribution in [0, 0.1) is 0 Å². The van der Waals surface area contributed by atoms with Crippen LogP contribution in [-0.2, 0) is 11.3 Å². The van der Waals surface area contributed by atoms with Crippen LogP contribution in [0.4, 0.5) is 0 Å². The van der Waals surface area contributed by atoms with Crippen molar-refractivity contribution in [2.24, 2.45) is 0 Å². The van der Waals surface area contributed by atoms with E-state index in [1.165, 1.54) is 0 Å². The third-order valence-corrected chi connectivity index (χ3v) is 3.02. The van der Waals surface area contributed by atoms with Gasteiger partial charge in [-0.3, -0.25) is 4.79 Å². The molecule has 0 radical (unpaired) electrons. The van der Waals surface area contributed by atoms with Crippen LogP contribution in [0.3, 0.4) is 0 Å². The summed E-state index contributed by atoms with van der Waals surface area (Å²) in [5.74, 6) is 1.84. The molecule has 1 rings (SSSR count). The number of likely N-dealkylation sites (N-methyl/N-ethyl adjacent to an activating group) is 1. The lowest BCUT2D eigenvalue weighted by Crippen LogP contribution is -2.40. The smallest absolute Gasteiger partial charge is 0.236 e. The quantitative estimate of drug-likeness (QED) is 0.779. The second kappa shape index (κ2) is 7.59. The number of nitrogens with one attached hydrogen (secondary N) is 2. The van der Waals surface area contributed by atoms with E-state index in [0.29, 0.717) is 23.8 Å². The van der Waals surface area contributed by atoms with Gasteiger partial charge in [-0.15, -0.1) is 0 Å². The SMILES string of the molecule is CNC(=O)C(C)NCc1cc(OC)c(OC)cc1OC. The van der Waals surface area contributed by atoms with Crippen molar-refractivity contribution in [3.05, 3.63) is 17.7 Å². The molecule has 2 N–H and O–H groups in total. The van der Waals surface area contributed by atoms with Crippen LogP contribution in [0.2, 0.25) is 0 Å². The fraction of sp³-hybridized carbons (Fsp3) is 0.500. The van der Waals surface area contributed by atoms with Crippen molar-refractivity contribution in [2.45, 2.75) is 19.5 Å². The van der Waals surface area contributed by atoms with Gasteiger partial charge >= 0.3 is 0 Å². The van der Waals surface area contributed by atoms with Crippen molar-refractivity contribution < 1.29 is 19.0 Å². The average Bonchev–Trinajstić information content (AvgIpc) is 2.50. The molecular weight excluding hydrogens is 260 g/mol. The monoisotopic (exact) mass is 282 g/mol. The molecule has 0 aromatic heterocycles. The zero-order valence-electron chi connectivity index (χ0n) is 12.6. The van der Waals surface area contributed by atoms with Crippen LogP contribution in [0.15, 0.2) is 12.1 Å². The third kappa shape index (κ3) is 3.77. The summed E-state index contributed by atoms with van der Waals surface area (Å²) < 4.78 is 15.8. The van der Waals surface area contributed by atoms with E-state index in [1.54, 1.807) is 41.4 Å². The van der Waals surface area contributed by atoms with Crippen LogP contribution in [-0.4, -0.2) is 40.3 Å². The zero-order chi connectivity index (χ0) is 15.1. The summed E-state index contributed by atoms with van der Waals surface area (Å²) in [5.41, 5.74) is 0.890. The first kappa shape index (κ1) is 16.1. The Morgan fingerprint density at radius 2 is 1.65 bits per heavy atom. The summed E-state index contributed by atoms with van der Waals surface area (Å²) in [5, 5.41) is 5.72. The largest absolute Gasteiger partial charge is 0.496 e. The minimum absolute atomic E-state index is 0.0653. The van der Waals surface area contributed by atoms with E-state index in [9.17, 15) is 4.79 Å². The maximum atomic E-state index is 11.5. The Balaban J connectivity index is 2.90. The minimum atomic E-state index is -0.294. The first-order chi connectivity index (χ1) is 9.57. The van der Waals surface area contributed by atoms with E-state index < -0.39 is 0 Å². The molecule has 0 bridgehead atoms. The van der Waals surface area contributed by atoms with Gasteiger partial charge in [-0.25, -0.2) is 0 Å². The molecule has 0 saturated heterocycles. The number of carbonyl (C=O) groups is 1. The number of benzene rings is 1. The molecule has 0 heterocycles. The highest BCUT2D eigenvalue weighted by Crippen LogP contribution is 2.34. The maximum Gasteiger partial charge on any atom is 0.236 e. The van der Waals surface area contributed by atoms with E-state index in [4.69, 9.17) is 14.2 Å². The Kier molecular flexibility index (Phi) is 6.11. The Hall–Kier alpha value is -1.95. The van der Waals surface area contributed by atoms with E-state index >= 15 is 0 Å². The number of hydrogen-bond donors (Lipinski definition) is 2. The summed E-state index contributed by atoms with van der Waals surface area (Å²) in [7, 11) is 6.35. The predicted molar refractivity (Wildman–Crippen MR) is 76.5 cm³/mol. The van der Waals surface area contributed by atoms with Gasteiger partial charge in [0.2, 0.25) is 5.91 Å². The predicted octanol–water partition coefficient (Wildman–Crippen LogP) is 0.936. The third-order valence-electron chi connectivity index (χ3n) is 3.02. The van der Waals surface area contributed by atoms with Crippen molar-refractivity contribution in [1.82, 2.24) is 10.6 Å². The Bertz CT molecular complexity index is 463. The van der Waals surface area contributed by atoms with Crippen molar-refractivity contribution in [3.8, 4) is 17.2 Å². The number of hydrogen-bond acceptors (Lipinski definition) is 5. The lowest BCUT2D eigenvalue weighted by atomic mass is 10.1. The first-order valence-corrected chi connectivity index (χ1v) is 6.31. The molecule has 6 nitrogen and oxygen atoms in total. The van der Waals surface area contributed by atoms with Crippen LogP contribution in [0.1, 0.15) is 12.5 Å². The molecule has 0 saturated carbocycles. The van der Waals surface area contributed by atoms with Crippen LogP contribution < -0.4 is 24.8 Å². The van der Waals surface area contributed by atoms with E-state index in [0.717, 1.165) is 5.56 Å². The second-order valence-electron chi connectivity index (χ2n) is 4.24. The molecule has 0 aliphatic heterocycles. The Morgan fingerprint density at radius 1 is 1.10 bits per heavy atom. The molecule has 1 aromatic carbocycles. The molecule has 1 unspecified atom stereocenters. The molecule has 0 aliphatic rings. The van der Waals surface area contributed by atoms with Gasteiger partial charge in [0.15, 0.2) is 11.5 Å². The molecule has 112 valence electrons. The van der Waals surface area contributed by atoms with Gasteiger partial charge in [0.1, 0.15) is 5.75 Å². The van der Waals surface area contributed by atoms with Gasteiger partial charge < -0.3 is 24.8 Å². The second-order valence-corrected chi connectivity index (χ2v) is 4.24. The Labute approximate surface area is 119 Å². The molecule has 0 aliphatic carbocycles. The lowest BCUT2D eigenvalue weighted by molar-refractivity contribution is -0.122. The lowest BCUT2D eigenvalue weighted by Gasteiger charge is -2.16. The van der Waals surface area contributed by atoms with Gasteiger partial charge in [-0.2, -0.15) is 0 Å². The zero-order valence-corrected chi connectivity index (χ0v) is 12.6. The number of rotatable bonds is 7. The summed E-state index contributed by atoms with van der Waals surface area (Å²) >= 11 is 0. The Morgan fingerprint density at radius 3 is 2.15 bits per heavy atom. The molecule has 6 heteroatoms. The number of amides is 1. The average molecular weight is 282 g/mol.